The van der Waals surface area contributed by atoms with E-state index in [0.29, 0.717) is 32.0 Å². The van der Waals surface area contributed by atoms with Crippen LogP contribution in [0, 0.1) is 0 Å². The van der Waals surface area contributed by atoms with Crippen LogP contribution >= 0.6 is 11.6 Å². The van der Waals surface area contributed by atoms with Crippen LogP contribution in [0.3, 0.4) is 0 Å². The predicted molar refractivity (Wildman–Crippen MR) is 60.7 cm³/mol. The topological polar surface area (TPSA) is 46.6 Å². The van der Waals surface area contributed by atoms with E-state index in [0.717, 1.165) is 6.42 Å². The largest absolute Gasteiger partial charge is 0.377 e. The SMILES string of the molecule is CC1CN(S(=O)(=O)CCCCl)CCCO1. The molecule has 90 valence electrons. The third-order valence-electron chi connectivity index (χ3n) is 2.34. The summed E-state index contributed by atoms with van der Waals surface area (Å²) in [5.41, 5.74) is 0. The maximum Gasteiger partial charge on any atom is 0.214 e. The number of alkyl halides is 1. The van der Waals surface area contributed by atoms with Gasteiger partial charge in [0.1, 0.15) is 0 Å². The Morgan fingerprint density at radius 3 is 2.93 bits per heavy atom. The van der Waals surface area contributed by atoms with E-state index in [9.17, 15) is 8.42 Å². The first kappa shape index (κ1) is 13.2. The molecular weight excluding hydrogens is 238 g/mol. The lowest BCUT2D eigenvalue weighted by atomic mass is 10.4. The van der Waals surface area contributed by atoms with Gasteiger partial charge in [-0.3, -0.25) is 0 Å². The molecule has 1 heterocycles. The second-order valence-corrected chi connectivity index (χ2v) is 6.22. The molecule has 0 aromatic rings. The molecule has 0 radical (unpaired) electrons. The molecule has 0 aromatic heterocycles. The molecule has 1 unspecified atom stereocenters. The van der Waals surface area contributed by atoms with E-state index in [4.69, 9.17) is 16.3 Å². The standard InChI is InChI=1S/C9H18ClNO3S/c1-9-8-11(5-3-6-14-9)15(12,13)7-2-4-10/h9H,2-8H2,1H3. The van der Waals surface area contributed by atoms with Crippen LogP contribution < -0.4 is 0 Å². The Balaban J connectivity index is 2.59. The zero-order valence-corrected chi connectivity index (χ0v) is 10.6. The van der Waals surface area contributed by atoms with Gasteiger partial charge in [0.2, 0.25) is 10.0 Å². The highest BCUT2D eigenvalue weighted by molar-refractivity contribution is 7.89. The van der Waals surface area contributed by atoms with Crippen molar-refractivity contribution in [2.24, 2.45) is 0 Å². The lowest BCUT2D eigenvalue weighted by molar-refractivity contribution is 0.0752. The van der Waals surface area contributed by atoms with Gasteiger partial charge in [0.25, 0.3) is 0 Å². The molecule has 1 atom stereocenters. The van der Waals surface area contributed by atoms with Crippen LogP contribution in [0.1, 0.15) is 19.8 Å². The number of sulfonamides is 1. The third-order valence-corrected chi connectivity index (χ3v) is 4.53. The van der Waals surface area contributed by atoms with Crippen LogP contribution in [0.4, 0.5) is 0 Å². The molecule has 0 amide bonds. The van der Waals surface area contributed by atoms with Gasteiger partial charge in [-0.15, -0.1) is 11.6 Å². The summed E-state index contributed by atoms with van der Waals surface area (Å²) in [6.07, 6.45) is 1.26. The van der Waals surface area contributed by atoms with Crippen molar-refractivity contribution < 1.29 is 13.2 Å². The fraction of sp³-hybridized carbons (Fsp3) is 1.00. The van der Waals surface area contributed by atoms with E-state index >= 15 is 0 Å². The fourth-order valence-corrected chi connectivity index (χ4v) is 3.48. The Labute approximate surface area is 96.6 Å². The Morgan fingerprint density at radius 2 is 2.27 bits per heavy atom. The number of halogens is 1. The number of ether oxygens (including phenoxy) is 1. The Hall–Kier alpha value is 0.160. The number of hydrogen-bond acceptors (Lipinski definition) is 3. The molecule has 0 bridgehead atoms. The molecule has 4 nitrogen and oxygen atoms in total. The molecule has 1 saturated heterocycles. The molecule has 0 aliphatic carbocycles. The van der Waals surface area contributed by atoms with Gasteiger partial charge < -0.3 is 4.74 Å². The van der Waals surface area contributed by atoms with Crippen LogP contribution in [0.2, 0.25) is 0 Å². The van der Waals surface area contributed by atoms with Crippen LogP contribution in [-0.2, 0) is 14.8 Å². The minimum Gasteiger partial charge on any atom is -0.377 e. The maximum atomic E-state index is 11.9. The molecule has 0 spiro atoms. The molecule has 1 rings (SSSR count). The van der Waals surface area contributed by atoms with Gasteiger partial charge in [-0.25, -0.2) is 8.42 Å². The quantitative estimate of drug-likeness (QED) is 0.706. The lowest BCUT2D eigenvalue weighted by Crippen LogP contribution is -2.37. The minimum absolute atomic E-state index is 0.0155. The molecule has 1 fully saturated rings. The zero-order valence-electron chi connectivity index (χ0n) is 8.99. The van der Waals surface area contributed by atoms with E-state index in [-0.39, 0.29) is 11.9 Å². The van der Waals surface area contributed by atoms with Crippen molar-refractivity contribution in [1.29, 1.82) is 0 Å². The van der Waals surface area contributed by atoms with Gasteiger partial charge in [0.05, 0.1) is 11.9 Å². The predicted octanol–water partition coefficient (Wildman–Crippen LogP) is 1.06. The molecule has 1 aliphatic rings. The van der Waals surface area contributed by atoms with E-state index in [1.54, 1.807) is 0 Å². The van der Waals surface area contributed by atoms with Crippen molar-refractivity contribution in [2.75, 3.05) is 31.3 Å². The number of hydrogen-bond donors (Lipinski definition) is 0. The normalized spacial score (nSPS) is 25.1. The first-order valence-electron chi connectivity index (χ1n) is 5.21. The lowest BCUT2D eigenvalue weighted by Gasteiger charge is -2.21. The third kappa shape index (κ3) is 4.26. The summed E-state index contributed by atoms with van der Waals surface area (Å²) in [6.45, 7) is 3.57. The van der Waals surface area contributed by atoms with Gasteiger partial charge in [0.15, 0.2) is 0 Å². The first-order chi connectivity index (χ1) is 7.06. The van der Waals surface area contributed by atoms with Crippen LogP contribution in [0.15, 0.2) is 0 Å². The van der Waals surface area contributed by atoms with E-state index in [2.05, 4.69) is 0 Å². The Bertz CT molecular complexity index is 281. The second kappa shape index (κ2) is 6.03. The van der Waals surface area contributed by atoms with E-state index in [1.807, 2.05) is 6.92 Å². The summed E-state index contributed by atoms with van der Waals surface area (Å²) >= 11 is 5.50. The van der Waals surface area contributed by atoms with E-state index in [1.165, 1.54) is 4.31 Å². The fourth-order valence-electron chi connectivity index (χ4n) is 1.57. The van der Waals surface area contributed by atoms with Gasteiger partial charge >= 0.3 is 0 Å². The van der Waals surface area contributed by atoms with Crippen molar-refractivity contribution in [3.63, 3.8) is 0 Å². The van der Waals surface area contributed by atoms with Crippen molar-refractivity contribution in [2.45, 2.75) is 25.9 Å². The summed E-state index contributed by atoms with van der Waals surface area (Å²) < 4.78 is 30.6. The smallest absolute Gasteiger partial charge is 0.214 e. The molecule has 6 heteroatoms. The summed E-state index contributed by atoms with van der Waals surface area (Å²) in [6, 6.07) is 0. The molecule has 0 saturated carbocycles. The van der Waals surface area contributed by atoms with Crippen molar-refractivity contribution in [1.82, 2.24) is 4.31 Å². The first-order valence-corrected chi connectivity index (χ1v) is 7.36. The van der Waals surface area contributed by atoms with Gasteiger partial charge in [-0.1, -0.05) is 0 Å². The molecular formula is C9H18ClNO3S. The van der Waals surface area contributed by atoms with Gasteiger partial charge in [0, 0.05) is 25.6 Å². The van der Waals surface area contributed by atoms with E-state index < -0.39 is 10.0 Å². The zero-order chi connectivity index (χ0) is 11.3. The maximum absolute atomic E-state index is 11.9. The summed E-state index contributed by atoms with van der Waals surface area (Å²) in [5.74, 6) is 0.530. The van der Waals surface area contributed by atoms with Gasteiger partial charge in [-0.05, 0) is 19.8 Å². The van der Waals surface area contributed by atoms with Gasteiger partial charge in [-0.2, -0.15) is 4.31 Å². The second-order valence-electron chi connectivity index (χ2n) is 3.75. The molecule has 15 heavy (non-hydrogen) atoms. The average Bonchev–Trinajstić information content (AvgIpc) is 2.40. The monoisotopic (exact) mass is 255 g/mol. The minimum atomic E-state index is -3.13. The van der Waals surface area contributed by atoms with Crippen LogP contribution in [0.25, 0.3) is 0 Å². The highest BCUT2D eigenvalue weighted by Gasteiger charge is 2.25. The van der Waals surface area contributed by atoms with Crippen LogP contribution in [-0.4, -0.2) is 50.2 Å². The summed E-state index contributed by atoms with van der Waals surface area (Å²) in [4.78, 5) is 0. The van der Waals surface area contributed by atoms with Crippen molar-refractivity contribution in [3.05, 3.63) is 0 Å². The number of rotatable bonds is 4. The van der Waals surface area contributed by atoms with Crippen molar-refractivity contribution >= 4 is 21.6 Å². The average molecular weight is 256 g/mol. The van der Waals surface area contributed by atoms with Crippen LogP contribution in [0.5, 0.6) is 0 Å². The summed E-state index contributed by atoms with van der Waals surface area (Å²) in [5, 5.41) is 0. The Kier molecular flexibility index (Phi) is 5.32. The van der Waals surface area contributed by atoms with Crippen molar-refractivity contribution in [3.8, 4) is 0 Å². The summed E-state index contributed by atoms with van der Waals surface area (Å²) in [7, 11) is -3.13. The molecule has 1 aliphatic heterocycles. The highest BCUT2D eigenvalue weighted by Crippen LogP contribution is 2.11. The molecule has 0 N–H and O–H groups in total. The Morgan fingerprint density at radius 1 is 1.53 bits per heavy atom. The highest BCUT2D eigenvalue weighted by atomic mass is 35.5. The molecule has 0 aromatic carbocycles. The number of nitrogens with zero attached hydrogens (tertiary/aromatic N) is 1.